The number of ether oxygens (including phenoxy) is 1. The molecule has 0 radical (unpaired) electrons. The molecule has 0 aliphatic heterocycles. The van der Waals surface area contributed by atoms with Crippen LogP contribution in [0.3, 0.4) is 0 Å². The van der Waals surface area contributed by atoms with Crippen molar-refractivity contribution in [3.05, 3.63) is 28.2 Å². The van der Waals surface area contributed by atoms with Crippen molar-refractivity contribution in [1.29, 1.82) is 0 Å². The molecule has 1 aromatic carbocycles. The number of hydrogen-bond donors (Lipinski definition) is 2. The predicted molar refractivity (Wildman–Crippen MR) is 99.2 cm³/mol. The monoisotopic (exact) mass is 455 g/mol. The molecule has 6 heteroatoms. The maximum atomic E-state index is 5.35. The summed E-state index contributed by atoms with van der Waals surface area (Å²) in [6.45, 7) is 4.94. The summed E-state index contributed by atoms with van der Waals surface area (Å²) in [5.41, 5.74) is 1.09. The Hall–Kier alpha value is -0.500. The molecule has 0 aromatic heterocycles. The average molecular weight is 456 g/mol. The Bertz CT molecular complexity index is 440. The Kier molecular flexibility index (Phi) is 10.0. The van der Waals surface area contributed by atoms with Gasteiger partial charge >= 0.3 is 0 Å². The van der Waals surface area contributed by atoms with Crippen molar-refractivity contribution in [1.82, 2.24) is 10.6 Å². The lowest BCUT2D eigenvalue weighted by Crippen LogP contribution is -2.41. The topological polar surface area (TPSA) is 45.7 Å². The van der Waals surface area contributed by atoms with Crippen molar-refractivity contribution >= 4 is 45.9 Å². The summed E-state index contributed by atoms with van der Waals surface area (Å²) in [6, 6.07) is 6.36. The van der Waals surface area contributed by atoms with Crippen LogP contribution in [0.5, 0.6) is 5.75 Å². The van der Waals surface area contributed by atoms with Gasteiger partial charge in [-0.25, -0.2) is 0 Å². The molecule has 1 unspecified atom stereocenters. The number of rotatable bonds is 5. The quantitative estimate of drug-likeness (QED) is 0.405. The van der Waals surface area contributed by atoms with Crippen molar-refractivity contribution in [3.63, 3.8) is 0 Å². The van der Waals surface area contributed by atoms with Crippen LogP contribution in [0.2, 0.25) is 0 Å². The van der Waals surface area contributed by atoms with E-state index in [4.69, 9.17) is 4.74 Å². The summed E-state index contributed by atoms with van der Waals surface area (Å²) >= 11 is 3.47. The van der Waals surface area contributed by atoms with Crippen LogP contribution in [0.25, 0.3) is 0 Å². The third-order valence-corrected chi connectivity index (χ3v) is 3.40. The van der Waals surface area contributed by atoms with Gasteiger partial charge < -0.3 is 15.4 Å². The van der Waals surface area contributed by atoms with Crippen molar-refractivity contribution < 1.29 is 4.74 Å². The standard InChI is InChI=1S/C14H22BrN3O.HI/c1-5-10(2)18-14(16-3)17-9-11-8-12(15)6-7-13(11)19-4;/h6-8,10H,5,9H2,1-4H3,(H2,16,17,18);1H. The predicted octanol–water partition coefficient (Wildman–Crippen LogP) is 3.54. The highest BCUT2D eigenvalue weighted by atomic mass is 127. The molecule has 4 nitrogen and oxygen atoms in total. The minimum Gasteiger partial charge on any atom is -0.496 e. The Morgan fingerprint density at radius 1 is 1.45 bits per heavy atom. The summed E-state index contributed by atoms with van der Waals surface area (Å²) in [7, 11) is 3.45. The fourth-order valence-electron chi connectivity index (χ4n) is 1.59. The Morgan fingerprint density at radius 2 is 2.15 bits per heavy atom. The molecule has 0 saturated carbocycles. The summed E-state index contributed by atoms with van der Waals surface area (Å²) in [6.07, 6.45) is 1.06. The van der Waals surface area contributed by atoms with E-state index in [1.807, 2.05) is 18.2 Å². The summed E-state index contributed by atoms with van der Waals surface area (Å²) in [5, 5.41) is 6.62. The zero-order chi connectivity index (χ0) is 14.3. The Balaban J connectivity index is 0.00000361. The number of guanidine groups is 1. The molecule has 0 amide bonds. The molecule has 0 spiro atoms. The molecule has 114 valence electrons. The van der Waals surface area contributed by atoms with E-state index in [9.17, 15) is 0 Å². The molecule has 1 rings (SSSR count). The largest absolute Gasteiger partial charge is 0.496 e. The van der Waals surface area contributed by atoms with Gasteiger partial charge in [-0.1, -0.05) is 22.9 Å². The van der Waals surface area contributed by atoms with Gasteiger partial charge in [-0.05, 0) is 31.5 Å². The molecule has 2 N–H and O–H groups in total. The van der Waals surface area contributed by atoms with Crippen LogP contribution in [0.4, 0.5) is 0 Å². The number of hydrogen-bond acceptors (Lipinski definition) is 2. The first-order chi connectivity index (χ1) is 9.10. The molecule has 0 heterocycles. The van der Waals surface area contributed by atoms with Gasteiger partial charge in [0.05, 0.1) is 7.11 Å². The van der Waals surface area contributed by atoms with E-state index in [1.54, 1.807) is 14.2 Å². The molecular weight excluding hydrogens is 433 g/mol. The van der Waals surface area contributed by atoms with Crippen LogP contribution in [-0.4, -0.2) is 26.2 Å². The van der Waals surface area contributed by atoms with E-state index in [0.29, 0.717) is 12.6 Å². The average Bonchev–Trinajstić information content (AvgIpc) is 2.43. The van der Waals surface area contributed by atoms with Crippen molar-refractivity contribution in [2.45, 2.75) is 32.9 Å². The van der Waals surface area contributed by atoms with Gasteiger partial charge in [0, 0.05) is 29.7 Å². The number of methoxy groups -OCH3 is 1. The van der Waals surface area contributed by atoms with E-state index >= 15 is 0 Å². The summed E-state index contributed by atoms with van der Waals surface area (Å²) in [5.74, 6) is 1.67. The third kappa shape index (κ3) is 6.30. The summed E-state index contributed by atoms with van der Waals surface area (Å²) in [4.78, 5) is 4.21. The zero-order valence-corrected chi connectivity index (χ0v) is 16.3. The van der Waals surface area contributed by atoms with Crippen LogP contribution in [0.1, 0.15) is 25.8 Å². The SMILES string of the molecule is CCC(C)NC(=NC)NCc1cc(Br)ccc1OC.I. The van der Waals surface area contributed by atoms with Gasteiger partial charge in [0.1, 0.15) is 5.75 Å². The van der Waals surface area contributed by atoms with Crippen molar-refractivity contribution in [2.24, 2.45) is 4.99 Å². The van der Waals surface area contributed by atoms with E-state index in [-0.39, 0.29) is 24.0 Å². The first-order valence-electron chi connectivity index (χ1n) is 6.40. The fraction of sp³-hybridized carbons (Fsp3) is 0.500. The Labute approximate surface area is 146 Å². The highest BCUT2D eigenvalue weighted by Gasteiger charge is 2.06. The van der Waals surface area contributed by atoms with Gasteiger partial charge in [0.15, 0.2) is 5.96 Å². The smallest absolute Gasteiger partial charge is 0.191 e. The van der Waals surface area contributed by atoms with Crippen LogP contribution >= 0.6 is 39.9 Å². The van der Waals surface area contributed by atoms with E-state index in [2.05, 4.69) is 45.4 Å². The highest BCUT2D eigenvalue weighted by Crippen LogP contribution is 2.22. The lowest BCUT2D eigenvalue weighted by Gasteiger charge is -2.17. The maximum absolute atomic E-state index is 5.35. The summed E-state index contributed by atoms with van der Waals surface area (Å²) < 4.78 is 6.38. The van der Waals surface area contributed by atoms with Gasteiger partial charge in [-0.2, -0.15) is 0 Å². The minimum atomic E-state index is 0. The number of halogens is 2. The molecule has 0 aliphatic carbocycles. The van der Waals surface area contributed by atoms with Gasteiger partial charge in [0.2, 0.25) is 0 Å². The molecule has 1 atom stereocenters. The van der Waals surface area contributed by atoms with Crippen molar-refractivity contribution in [2.75, 3.05) is 14.2 Å². The van der Waals surface area contributed by atoms with Gasteiger partial charge in [0.25, 0.3) is 0 Å². The zero-order valence-electron chi connectivity index (χ0n) is 12.4. The Morgan fingerprint density at radius 3 is 2.70 bits per heavy atom. The normalized spacial score (nSPS) is 12.3. The number of aliphatic imine (C=N–C) groups is 1. The van der Waals surface area contributed by atoms with Crippen LogP contribution in [0.15, 0.2) is 27.7 Å². The number of benzene rings is 1. The van der Waals surface area contributed by atoms with Gasteiger partial charge in [-0.3, -0.25) is 4.99 Å². The van der Waals surface area contributed by atoms with E-state index < -0.39 is 0 Å². The van der Waals surface area contributed by atoms with Gasteiger partial charge in [-0.15, -0.1) is 24.0 Å². The fourth-order valence-corrected chi connectivity index (χ4v) is 2.00. The molecular formula is C14H23BrIN3O. The van der Waals surface area contributed by atoms with Crippen LogP contribution in [-0.2, 0) is 6.54 Å². The van der Waals surface area contributed by atoms with E-state index in [0.717, 1.165) is 28.2 Å². The van der Waals surface area contributed by atoms with Crippen LogP contribution < -0.4 is 15.4 Å². The third-order valence-electron chi connectivity index (χ3n) is 2.91. The number of nitrogens with zero attached hydrogens (tertiary/aromatic N) is 1. The first-order valence-corrected chi connectivity index (χ1v) is 7.19. The minimum absolute atomic E-state index is 0. The first kappa shape index (κ1) is 19.5. The molecule has 1 aromatic rings. The molecule has 0 saturated heterocycles. The second-order valence-electron chi connectivity index (χ2n) is 4.34. The second-order valence-corrected chi connectivity index (χ2v) is 5.25. The van der Waals surface area contributed by atoms with Crippen molar-refractivity contribution in [3.8, 4) is 5.75 Å². The molecule has 20 heavy (non-hydrogen) atoms. The second kappa shape index (κ2) is 10.3. The van der Waals surface area contributed by atoms with Crippen LogP contribution in [0, 0.1) is 0 Å². The maximum Gasteiger partial charge on any atom is 0.191 e. The molecule has 0 bridgehead atoms. The van der Waals surface area contributed by atoms with E-state index in [1.165, 1.54) is 0 Å². The number of nitrogens with one attached hydrogen (secondary N) is 2. The lowest BCUT2D eigenvalue weighted by atomic mass is 10.2. The highest BCUT2D eigenvalue weighted by molar-refractivity contribution is 14.0. The molecule has 0 aliphatic rings. The lowest BCUT2D eigenvalue weighted by molar-refractivity contribution is 0.409. The molecule has 0 fully saturated rings.